The monoisotopic (exact) mass is 290 g/mol. The fourth-order valence-electron chi connectivity index (χ4n) is 3.23. The molecule has 1 aromatic rings. The Labute approximate surface area is 125 Å². The van der Waals surface area contributed by atoms with E-state index in [1.807, 2.05) is 29.2 Å². The zero-order valence-electron chi connectivity index (χ0n) is 12.6. The number of rotatable bonds is 2. The molecule has 2 bridgehead atoms. The predicted molar refractivity (Wildman–Crippen MR) is 79.6 cm³/mol. The number of carbonyl (C=O) groups excluding carboxylic acids is 1. The number of methoxy groups -OCH3 is 1. The normalized spacial score (nSPS) is 26.3. The summed E-state index contributed by atoms with van der Waals surface area (Å²) in [6.07, 6.45) is 0. The minimum atomic E-state index is 0.0912. The van der Waals surface area contributed by atoms with Crippen LogP contribution in [0.15, 0.2) is 24.3 Å². The average Bonchev–Trinajstić information content (AvgIpc) is 2.76. The SMILES string of the molecule is COc1ccc(C(=O)N2C[C@H]3COC[C@@H]2CN(C)C3)cc1. The van der Waals surface area contributed by atoms with Crippen molar-refractivity contribution in [2.24, 2.45) is 5.92 Å². The number of ether oxygens (including phenoxy) is 2. The molecule has 5 nitrogen and oxygen atoms in total. The van der Waals surface area contributed by atoms with Crippen molar-refractivity contribution in [2.45, 2.75) is 6.04 Å². The number of hydrogen-bond donors (Lipinski definition) is 0. The van der Waals surface area contributed by atoms with E-state index in [-0.39, 0.29) is 11.9 Å². The molecule has 3 rings (SSSR count). The van der Waals surface area contributed by atoms with E-state index in [0.717, 1.165) is 32.0 Å². The van der Waals surface area contributed by atoms with Crippen molar-refractivity contribution in [1.82, 2.24) is 9.80 Å². The Morgan fingerprint density at radius 2 is 1.95 bits per heavy atom. The average molecular weight is 290 g/mol. The van der Waals surface area contributed by atoms with Gasteiger partial charge in [-0.05, 0) is 31.3 Å². The van der Waals surface area contributed by atoms with Gasteiger partial charge in [0.05, 0.1) is 26.4 Å². The second kappa shape index (κ2) is 6.03. The first-order valence-corrected chi connectivity index (χ1v) is 7.38. The molecule has 21 heavy (non-hydrogen) atoms. The van der Waals surface area contributed by atoms with Gasteiger partial charge in [0.25, 0.3) is 5.91 Å². The third-order valence-electron chi connectivity index (χ3n) is 4.25. The van der Waals surface area contributed by atoms with Crippen molar-refractivity contribution < 1.29 is 14.3 Å². The van der Waals surface area contributed by atoms with E-state index in [1.165, 1.54) is 0 Å². The molecule has 0 unspecified atom stereocenters. The lowest BCUT2D eigenvalue weighted by molar-refractivity contribution is 0.0483. The summed E-state index contributed by atoms with van der Waals surface area (Å²) in [7, 11) is 3.74. The lowest BCUT2D eigenvalue weighted by Gasteiger charge is -2.29. The Hall–Kier alpha value is -1.59. The highest BCUT2D eigenvalue weighted by Gasteiger charge is 2.34. The van der Waals surface area contributed by atoms with Crippen molar-refractivity contribution in [2.75, 3.05) is 47.0 Å². The smallest absolute Gasteiger partial charge is 0.254 e. The Morgan fingerprint density at radius 1 is 1.19 bits per heavy atom. The van der Waals surface area contributed by atoms with Crippen molar-refractivity contribution in [3.05, 3.63) is 29.8 Å². The Bertz CT molecular complexity index is 503. The summed E-state index contributed by atoms with van der Waals surface area (Å²) in [6.45, 7) is 4.01. The molecular weight excluding hydrogens is 268 g/mol. The maximum atomic E-state index is 12.8. The van der Waals surface area contributed by atoms with Crippen LogP contribution in [0, 0.1) is 5.92 Å². The Balaban J connectivity index is 1.82. The molecule has 0 radical (unpaired) electrons. The van der Waals surface area contributed by atoms with Gasteiger partial charge in [-0.3, -0.25) is 4.79 Å². The van der Waals surface area contributed by atoms with Crippen LogP contribution in [-0.2, 0) is 4.74 Å². The third-order valence-corrected chi connectivity index (χ3v) is 4.25. The molecule has 0 saturated carbocycles. The van der Waals surface area contributed by atoms with Crippen LogP contribution >= 0.6 is 0 Å². The highest BCUT2D eigenvalue weighted by atomic mass is 16.5. The van der Waals surface area contributed by atoms with Gasteiger partial charge in [0.1, 0.15) is 5.75 Å². The summed E-state index contributed by atoms with van der Waals surface area (Å²) < 4.78 is 10.9. The summed E-state index contributed by atoms with van der Waals surface area (Å²) in [5, 5.41) is 0. The van der Waals surface area contributed by atoms with E-state index >= 15 is 0 Å². The molecular formula is C16H22N2O3. The number of fused-ring (bicyclic) bond motifs is 3. The maximum absolute atomic E-state index is 12.8. The Morgan fingerprint density at radius 3 is 2.67 bits per heavy atom. The molecule has 2 fully saturated rings. The number of likely N-dealkylation sites (N-methyl/N-ethyl adjacent to an activating group) is 1. The summed E-state index contributed by atoms with van der Waals surface area (Å²) in [6, 6.07) is 7.47. The molecule has 2 aliphatic heterocycles. The van der Waals surface area contributed by atoms with E-state index < -0.39 is 0 Å². The maximum Gasteiger partial charge on any atom is 0.254 e. The first kappa shape index (κ1) is 14.4. The molecule has 2 saturated heterocycles. The van der Waals surface area contributed by atoms with Gasteiger partial charge in [-0.15, -0.1) is 0 Å². The van der Waals surface area contributed by atoms with Gasteiger partial charge < -0.3 is 19.3 Å². The number of carbonyl (C=O) groups is 1. The van der Waals surface area contributed by atoms with E-state index in [2.05, 4.69) is 11.9 Å². The molecule has 0 aromatic heterocycles. The number of hydrogen-bond acceptors (Lipinski definition) is 4. The fraction of sp³-hybridized carbons (Fsp3) is 0.562. The van der Waals surface area contributed by atoms with Crippen molar-refractivity contribution in [1.29, 1.82) is 0 Å². The molecule has 2 heterocycles. The van der Waals surface area contributed by atoms with E-state index in [4.69, 9.17) is 9.47 Å². The van der Waals surface area contributed by atoms with Crippen LogP contribution in [0.2, 0.25) is 0 Å². The van der Waals surface area contributed by atoms with Crippen LogP contribution in [-0.4, -0.2) is 68.8 Å². The van der Waals surface area contributed by atoms with Crippen molar-refractivity contribution >= 4 is 5.91 Å². The minimum Gasteiger partial charge on any atom is -0.497 e. The standard InChI is InChI=1S/C16H22N2O3/c1-17-7-12-8-18(14(9-17)11-21-10-12)16(19)13-3-5-15(20-2)6-4-13/h3-6,12,14H,7-11H2,1-2H3/t12-,14-/m0/s1. The van der Waals surface area contributed by atoms with Crippen LogP contribution in [0.25, 0.3) is 0 Å². The summed E-state index contributed by atoms with van der Waals surface area (Å²) in [4.78, 5) is 17.1. The van der Waals surface area contributed by atoms with Crippen LogP contribution in [0.5, 0.6) is 5.75 Å². The Kier molecular flexibility index (Phi) is 4.12. The number of benzene rings is 1. The van der Waals surface area contributed by atoms with E-state index in [9.17, 15) is 4.79 Å². The quantitative estimate of drug-likeness (QED) is 0.818. The zero-order valence-corrected chi connectivity index (χ0v) is 12.6. The van der Waals surface area contributed by atoms with Crippen molar-refractivity contribution in [3.8, 4) is 5.75 Å². The van der Waals surface area contributed by atoms with Gasteiger partial charge in [0.15, 0.2) is 0 Å². The highest BCUT2D eigenvalue weighted by molar-refractivity contribution is 5.94. The van der Waals surface area contributed by atoms with Crippen LogP contribution < -0.4 is 4.74 Å². The van der Waals surface area contributed by atoms with Crippen LogP contribution in [0.3, 0.4) is 0 Å². The van der Waals surface area contributed by atoms with Gasteiger partial charge in [-0.2, -0.15) is 0 Å². The number of amides is 1. The second-order valence-electron chi connectivity index (χ2n) is 5.96. The van der Waals surface area contributed by atoms with Crippen molar-refractivity contribution in [3.63, 3.8) is 0 Å². The van der Waals surface area contributed by atoms with Gasteiger partial charge in [-0.25, -0.2) is 0 Å². The zero-order chi connectivity index (χ0) is 14.8. The molecule has 0 N–H and O–H groups in total. The van der Waals surface area contributed by atoms with Gasteiger partial charge in [0, 0.05) is 31.1 Å². The summed E-state index contributed by atoms with van der Waals surface area (Å²) >= 11 is 0. The third kappa shape index (κ3) is 3.04. The molecule has 114 valence electrons. The highest BCUT2D eigenvalue weighted by Crippen LogP contribution is 2.22. The first-order chi connectivity index (χ1) is 10.2. The van der Waals surface area contributed by atoms with E-state index in [1.54, 1.807) is 7.11 Å². The van der Waals surface area contributed by atoms with E-state index in [0.29, 0.717) is 18.1 Å². The minimum absolute atomic E-state index is 0.0912. The topological polar surface area (TPSA) is 42.0 Å². The lowest BCUT2D eigenvalue weighted by Crippen LogP contribution is -2.45. The molecule has 0 spiro atoms. The second-order valence-corrected chi connectivity index (χ2v) is 5.96. The lowest BCUT2D eigenvalue weighted by atomic mass is 10.1. The largest absolute Gasteiger partial charge is 0.497 e. The molecule has 2 atom stereocenters. The number of nitrogens with zero attached hydrogens (tertiary/aromatic N) is 2. The molecule has 0 aliphatic carbocycles. The summed E-state index contributed by atoms with van der Waals surface area (Å²) in [5.74, 6) is 1.25. The fourth-order valence-corrected chi connectivity index (χ4v) is 3.23. The van der Waals surface area contributed by atoms with Crippen LogP contribution in [0.1, 0.15) is 10.4 Å². The molecule has 1 amide bonds. The van der Waals surface area contributed by atoms with Gasteiger partial charge in [-0.1, -0.05) is 0 Å². The van der Waals surface area contributed by atoms with Gasteiger partial charge >= 0.3 is 0 Å². The van der Waals surface area contributed by atoms with Crippen LogP contribution in [0.4, 0.5) is 0 Å². The summed E-state index contributed by atoms with van der Waals surface area (Å²) in [5.41, 5.74) is 0.714. The molecule has 5 heteroatoms. The predicted octanol–water partition coefficient (Wildman–Crippen LogP) is 1.10. The molecule has 2 aliphatic rings. The van der Waals surface area contributed by atoms with Gasteiger partial charge in [0.2, 0.25) is 0 Å². The first-order valence-electron chi connectivity index (χ1n) is 7.38. The molecule has 1 aromatic carbocycles.